The Labute approximate surface area is 232 Å². The maximum atomic E-state index is 14.0. The number of amides is 3. The molecular weight excluding hydrogens is 498 g/mol. The SMILES string of the molecule is CCCC1CCN(C(=O)C(NC(=O)C(NC(=O)c2cnccn2)C2CCCCC2)C(C)(C)C)C1C(=O)OCC. The summed E-state index contributed by atoms with van der Waals surface area (Å²) in [6.45, 7) is 10.2. The first-order valence-corrected chi connectivity index (χ1v) is 14.4. The van der Waals surface area contributed by atoms with Crippen LogP contribution in [0.3, 0.4) is 0 Å². The maximum Gasteiger partial charge on any atom is 0.329 e. The van der Waals surface area contributed by atoms with E-state index in [-0.39, 0.29) is 30.0 Å². The van der Waals surface area contributed by atoms with Crippen LogP contribution in [0.25, 0.3) is 0 Å². The average molecular weight is 544 g/mol. The van der Waals surface area contributed by atoms with E-state index in [1.165, 1.54) is 18.6 Å². The second kappa shape index (κ2) is 13.8. The molecule has 1 aromatic heterocycles. The Balaban J connectivity index is 1.85. The van der Waals surface area contributed by atoms with E-state index in [1.807, 2.05) is 20.8 Å². The van der Waals surface area contributed by atoms with Gasteiger partial charge in [0, 0.05) is 18.9 Å². The summed E-state index contributed by atoms with van der Waals surface area (Å²) in [6, 6.07) is -2.36. The van der Waals surface area contributed by atoms with Gasteiger partial charge in [0.05, 0.1) is 12.8 Å². The molecule has 2 heterocycles. The van der Waals surface area contributed by atoms with E-state index >= 15 is 0 Å². The quantitative estimate of drug-likeness (QED) is 0.433. The molecule has 1 saturated carbocycles. The molecule has 1 aromatic rings. The summed E-state index contributed by atoms with van der Waals surface area (Å²) in [4.78, 5) is 63.4. The van der Waals surface area contributed by atoms with Gasteiger partial charge in [-0.05, 0) is 49.9 Å². The Morgan fingerprint density at radius 3 is 2.36 bits per heavy atom. The molecule has 0 radical (unpaired) electrons. The third kappa shape index (κ3) is 7.76. The van der Waals surface area contributed by atoms with Crippen LogP contribution in [0.1, 0.15) is 96.5 Å². The average Bonchev–Trinajstić information content (AvgIpc) is 3.34. The van der Waals surface area contributed by atoms with Gasteiger partial charge in [-0.3, -0.25) is 19.4 Å². The van der Waals surface area contributed by atoms with Crippen molar-refractivity contribution in [2.24, 2.45) is 17.3 Å². The lowest BCUT2D eigenvalue weighted by Gasteiger charge is -2.37. The molecule has 1 saturated heterocycles. The van der Waals surface area contributed by atoms with E-state index in [1.54, 1.807) is 11.8 Å². The van der Waals surface area contributed by atoms with Gasteiger partial charge in [-0.2, -0.15) is 0 Å². The molecule has 2 N–H and O–H groups in total. The Morgan fingerprint density at radius 1 is 1.05 bits per heavy atom. The lowest BCUT2D eigenvalue weighted by molar-refractivity contribution is -0.156. The number of ether oxygens (including phenoxy) is 1. The highest BCUT2D eigenvalue weighted by Gasteiger charge is 2.47. The van der Waals surface area contributed by atoms with E-state index < -0.39 is 41.3 Å². The number of likely N-dealkylation sites (tertiary alicyclic amines) is 1. The maximum absolute atomic E-state index is 14.0. The first-order valence-electron chi connectivity index (χ1n) is 14.4. The number of esters is 1. The third-order valence-electron chi connectivity index (χ3n) is 7.88. The Hall–Kier alpha value is -3.04. The fourth-order valence-electron chi connectivity index (χ4n) is 5.87. The van der Waals surface area contributed by atoms with Crippen molar-refractivity contribution in [2.75, 3.05) is 13.2 Å². The fraction of sp³-hybridized carbons (Fsp3) is 0.724. The summed E-state index contributed by atoms with van der Waals surface area (Å²) in [7, 11) is 0. The standard InChI is InChI=1S/C29H45N5O5/c1-6-11-20-14-17-34(23(20)28(38)39-7-2)27(37)24(29(3,4)5)33-26(36)22(19-12-9-8-10-13-19)32-25(35)21-18-30-15-16-31-21/h15-16,18-20,22-24H,6-14,17H2,1-5H3,(H,32,35)(H,33,36). The van der Waals surface area contributed by atoms with Crippen LogP contribution in [0.5, 0.6) is 0 Å². The molecule has 2 fully saturated rings. The molecule has 0 bridgehead atoms. The molecule has 10 heteroatoms. The van der Waals surface area contributed by atoms with Gasteiger partial charge in [0.15, 0.2) is 0 Å². The van der Waals surface area contributed by atoms with Crippen LogP contribution in [0.2, 0.25) is 0 Å². The van der Waals surface area contributed by atoms with E-state index in [0.717, 1.165) is 44.9 Å². The number of hydrogen-bond acceptors (Lipinski definition) is 7. The van der Waals surface area contributed by atoms with Crippen LogP contribution in [0.15, 0.2) is 18.6 Å². The molecule has 4 unspecified atom stereocenters. The van der Waals surface area contributed by atoms with Gasteiger partial charge < -0.3 is 20.3 Å². The van der Waals surface area contributed by atoms with Gasteiger partial charge in [0.1, 0.15) is 23.8 Å². The minimum Gasteiger partial charge on any atom is -0.464 e. The highest BCUT2D eigenvalue weighted by atomic mass is 16.5. The number of rotatable bonds is 10. The van der Waals surface area contributed by atoms with Gasteiger partial charge >= 0.3 is 5.97 Å². The van der Waals surface area contributed by atoms with Crippen LogP contribution >= 0.6 is 0 Å². The van der Waals surface area contributed by atoms with Crippen molar-refractivity contribution < 1.29 is 23.9 Å². The second-order valence-electron chi connectivity index (χ2n) is 11.8. The first-order chi connectivity index (χ1) is 18.6. The summed E-state index contributed by atoms with van der Waals surface area (Å²) >= 11 is 0. The highest BCUT2D eigenvalue weighted by molar-refractivity contribution is 5.97. The van der Waals surface area contributed by atoms with Crippen molar-refractivity contribution in [1.82, 2.24) is 25.5 Å². The van der Waals surface area contributed by atoms with Gasteiger partial charge in [-0.1, -0.05) is 53.4 Å². The van der Waals surface area contributed by atoms with Gasteiger partial charge in [-0.15, -0.1) is 0 Å². The Morgan fingerprint density at radius 2 is 1.77 bits per heavy atom. The normalized spacial score (nSPS) is 21.6. The van der Waals surface area contributed by atoms with E-state index in [2.05, 4.69) is 27.5 Å². The second-order valence-corrected chi connectivity index (χ2v) is 11.8. The minimum atomic E-state index is -0.887. The van der Waals surface area contributed by atoms with Crippen LogP contribution in [-0.2, 0) is 19.1 Å². The zero-order chi connectivity index (χ0) is 28.6. The molecule has 1 aliphatic carbocycles. The number of aromatic nitrogens is 2. The number of nitrogens with zero attached hydrogens (tertiary/aromatic N) is 3. The first kappa shape index (κ1) is 30.5. The molecule has 4 atom stereocenters. The monoisotopic (exact) mass is 543 g/mol. The summed E-state index contributed by atoms with van der Waals surface area (Å²) in [5, 5.41) is 5.88. The van der Waals surface area contributed by atoms with Gasteiger partial charge in [0.2, 0.25) is 11.8 Å². The summed E-state index contributed by atoms with van der Waals surface area (Å²) in [6.07, 6.45) is 11.4. The van der Waals surface area contributed by atoms with Crippen molar-refractivity contribution in [3.63, 3.8) is 0 Å². The van der Waals surface area contributed by atoms with Crippen LogP contribution in [0.4, 0.5) is 0 Å². The molecule has 3 amide bonds. The zero-order valence-electron chi connectivity index (χ0n) is 24.1. The third-order valence-corrected chi connectivity index (χ3v) is 7.88. The number of nitrogens with one attached hydrogen (secondary N) is 2. The molecule has 216 valence electrons. The fourth-order valence-corrected chi connectivity index (χ4v) is 5.87. The number of hydrogen-bond donors (Lipinski definition) is 2. The molecule has 10 nitrogen and oxygen atoms in total. The van der Waals surface area contributed by atoms with Gasteiger partial charge in [0.25, 0.3) is 5.91 Å². The molecule has 39 heavy (non-hydrogen) atoms. The predicted molar refractivity (Wildman–Crippen MR) is 146 cm³/mol. The van der Waals surface area contributed by atoms with Crippen LogP contribution < -0.4 is 10.6 Å². The number of carbonyl (C=O) groups excluding carboxylic acids is 4. The Bertz CT molecular complexity index is 990. The van der Waals surface area contributed by atoms with Gasteiger partial charge in [-0.25, -0.2) is 9.78 Å². The number of carbonyl (C=O) groups is 4. The summed E-state index contributed by atoms with van der Waals surface area (Å²) in [5.41, 5.74) is -0.508. The predicted octanol–water partition coefficient (Wildman–Crippen LogP) is 3.27. The van der Waals surface area contributed by atoms with Crippen molar-refractivity contribution in [2.45, 2.75) is 104 Å². The molecule has 0 aromatic carbocycles. The summed E-state index contributed by atoms with van der Waals surface area (Å²) < 4.78 is 5.35. The van der Waals surface area contributed by atoms with E-state index in [9.17, 15) is 19.2 Å². The van der Waals surface area contributed by atoms with Crippen molar-refractivity contribution >= 4 is 23.7 Å². The van der Waals surface area contributed by atoms with Crippen LogP contribution in [0, 0.1) is 17.3 Å². The van der Waals surface area contributed by atoms with Crippen molar-refractivity contribution in [3.8, 4) is 0 Å². The molecule has 1 aliphatic heterocycles. The van der Waals surface area contributed by atoms with Crippen molar-refractivity contribution in [3.05, 3.63) is 24.3 Å². The molecule has 2 aliphatic rings. The molecule has 3 rings (SSSR count). The minimum absolute atomic E-state index is 0.0237. The molecule has 0 spiro atoms. The zero-order valence-corrected chi connectivity index (χ0v) is 24.1. The lowest BCUT2D eigenvalue weighted by atomic mass is 9.82. The van der Waals surface area contributed by atoms with E-state index in [0.29, 0.717) is 13.0 Å². The Kier molecular flexibility index (Phi) is 10.8. The smallest absolute Gasteiger partial charge is 0.329 e. The molecular formula is C29H45N5O5. The lowest BCUT2D eigenvalue weighted by Crippen LogP contribution is -2.61. The van der Waals surface area contributed by atoms with Crippen LogP contribution in [-0.4, -0.2) is 69.8 Å². The topological polar surface area (TPSA) is 131 Å². The van der Waals surface area contributed by atoms with E-state index in [4.69, 9.17) is 4.74 Å². The summed E-state index contributed by atoms with van der Waals surface area (Å²) in [5.74, 6) is -1.59. The van der Waals surface area contributed by atoms with Crippen molar-refractivity contribution in [1.29, 1.82) is 0 Å². The highest BCUT2D eigenvalue weighted by Crippen LogP contribution is 2.33. The largest absolute Gasteiger partial charge is 0.464 e.